The molecule has 2 amide bonds. The van der Waals surface area contributed by atoms with Gasteiger partial charge in [-0.15, -0.1) is 0 Å². The molecule has 0 aromatic heterocycles. The van der Waals surface area contributed by atoms with E-state index < -0.39 is 39.3 Å². The molecule has 222 valence electrons. The Labute approximate surface area is 242 Å². The van der Waals surface area contributed by atoms with Gasteiger partial charge in [-0.05, 0) is 48.8 Å². The van der Waals surface area contributed by atoms with E-state index in [1.807, 2.05) is 42.5 Å². The summed E-state index contributed by atoms with van der Waals surface area (Å²) in [4.78, 5) is 33.9. The highest BCUT2D eigenvalue weighted by Crippen LogP contribution is 2.47. The first-order valence-corrected chi connectivity index (χ1v) is 16.2. The number of rotatable bonds is 12. The zero-order valence-electron chi connectivity index (χ0n) is 23.6. The van der Waals surface area contributed by atoms with Gasteiger partial charge in [0.05, 0.1) is 16.2 Å². The maximum atomic E-state index is 14.1. The van der Waals surface area contributed by atoms with Crippen LogP contribution in [0.5, 0.6) is 0 Å². The number of hydrogen-bond acceptors (Lipinski definition) is 7. The highest BCUT2D eigenvalue weighted by Gasteiger charge is 2.53. The van der Waals surface area contributed by atoms with Crippen molar-refractivity contribution in [3.63, 3.8) is 0 Å². The molecular formula is C31H41N3O6S. The van der Waals surface area contributed by atoms with Gasteiger partial charge in [0.15, 0.2) is 16.1 Å². The summed E-state index contributed by atoms with van der Waals surface area (Å²) in [6.07, 6.45) is 10.9. The van der Waals surface area contributed by atoms with Crippen molar-refractivity contribution >= 4 is 27.7 Å². The summed E-state index contributed by atoms with van der Waals surface area (Å²) >= 11 is 0. The molecule has 4 rings (SSSR count). The molecule has 2 aliphatic rings. The fraction of sp³-hybridized carbons (Fsp3) is 0.484. The molecule has 1 heterocycles. The van der Waals surface area contributed by atoms with E-state index in [0.29, 0.717) is 13.0 Å². The quantitative estimate of drug-likeness (QED) is 0.194. The topological polar surface area (TPSA) is 137 Å². The Bertz CT molecular complexity index is 1300. The predicted octanol–water partition coefficient (Wildman–Crippen LogP) is 4.19. The van der Waals surface area contributed by atoms with Crippen molar-refractivity contribution < 1.29 is 27.6 Å². The number of carbonyl (C=O) groups is 2. The van der Waals surface area contributed by atoms with Crippen molar-refractivity contribution in [3.8, 4) is 0 Å². The van der Waals surface area contributed by atoms with Gasteiger partial charge >= 0.3 is 0 Å². The molecule has 1 saturated heterocycles. The molecule has 41 heavy (non-hydrogen) atoms. The minimum atomic E-state index is -3.77. The molecule has 0 radical (unpaired) electrons. The van der Waals surface area contributed by atoms with Crippen LogP contribution in [0, 0.1) is 11.8 Å². The number of hydrogen-bond donors (Lipinski definition) is 3. The summed E-state index contributed by atoms with van der Waals surface area (Å²) in [5.74, 6) is 3.74. The Kier molecular flexibility index (Phi) is 10.7. The summed E-state index contributed by atoms with van der Waals surface area (Å²) in [7, 11) is -3.77. The van der Waals surface area contributed by atoms with Gasteiger partial charge in [0.25, 0.3) is 0 Å². The number of allylic oxidation sites excluding steroid dienone is 1. The lowest BCUT2D eigenvalue weighted by molar-refractivity contribution is -0.203. The van der Waals surface area contributed by atoms with Gasteiger partial charge in [-0.1, -0.05) is 86.4 Å². The molecule has 1 saturated carbocycles. The number of hydroxylamine groups is 1. The smallest absolute Gasteiger partial charge is 0.248 e. The molecule has 10 heteroatoms. The standard InChI is InChI=1S/C31H41N3O6S/c1-41(37,38)27-19-8-7-17-25(27)31(30(36)33-32,22-24-14-5-6-15-24)26(18-11-16-23-12-3-2-4-13-23)29(35)34-40-28-20-9-10-21-39-28/h2-4,7-8,11-13,16-17,19,24,26,28H,5-6,9-10,14-15,18,20-22,32H2,1H3,(H,33,36)(H,34,35)/b16-11+/t26-,28?,31+/m1/s1. The van der Waals surface area contributed by atoms with E-state index in [1.165, 1.54) is 6.07 Å². The molecule has 9 nitrogen and oxygen atoms in total. The highest BCUT2D eigenvalue weighted by molar-refractivity contribution is 7.90. The molecule has 3 atom stereocenters. The number of hydrazine groups is 1. The first-order valence-electron chi connectivity index (χ1n) is 14.3. The number of nitrogens with two attached hydrogens (primary N) is 1. The van der Waals surface area contributed by atoms with Gasteiger partial charge < -0.3 is 4.74 Å². The molecular weight excluding hydrogens is 542 g/mol. The number of ether oxygens (including phenoxy) is 1. The monoisotopic (exact) mass is 583 g/mol. The van der Waals surface area contributed by atoms with Gasteiger partial charge in [-0.25, -0.2) is 24.6 Å². The van der Waals surface area contributed by atoms with Crippen LogP contribution in [0.4, 0.5) is 0 Å². The number of carbonyl (C=O) groups excluding carboxylic acids is 2. The van der Waals surface area contributed by atoms with E-state index in [0.717, 1.165) is 50.3 Å². The van der Waals surface area contributed by atoms with Crippen molar-refractivity contribution in [3.05, 3.63) is 71.8 Å². The summed E-state index contributed by atoms with van der Waals surface area (Å²) in [6, 6.07) is 16.0. The van der Waals surface area contributed by atoms with Crippen molar-refractivity contribution in [2.45, 2.75) is 74.4 Å². The van der Waals surface area contributed by atoms with E-state index in [9.17, 15) is 18.0 Å². The first-order chi connectivity index (χ1) is 19.8. The zero-order chi connectivity index (χ0) is 29.3. The van der Waals surface area contributed by atoms with Crippen LogP contribution in [0.3, 0.4) is 0 Å². The average Bonchev–Trinajstić information content (AvgIpc) is 3.50. The van der Waals surface area contributed by atoms with Crippen LogP contribution >= 0.6 is 0 Å². The van der Waals surface area contributed by atoms with E-state index in [4.69, 9.17) is 15.4 Å². The number of amides is 2. The molecule has 2 aromatic rings. The molecule has 1 aliphatic heterocycles. The van der Waals surface area contributed by atoms with Crippen LogP contribution < -0.4 is 16.7 Å². The second-order valence-corrected chi connectivity index (χ2v) is 13.0. The third-order valence-electron chi connectivity index (χ3n) is 8.21. The maximum absolute atomic E-state index is 14.1. The Morgan fingerprint density at radius 1 is 1.05 bits per heavy atom. The number of nitrogens with one attached hydrogen (secondary N) is 2. The Morgan fingerprint density at radius 2 is 1.73 bits per heavy atom. The van der Waals surface area contributed by atoms with Crippen LogP contribution in [-0.4, -0.2) is 39.4 Å². The highest BCUT2D eigenvalue weighted by atomic mass is 32.2. The van der Waals surface area contributed by atoms with Crippen molar-refractivity contribution in [2.24, 2.45) is 17.7 Å². The minimum absolute atomic E-state index is 0.00275. The Hall–Kier alpha value is -3.05. The molecule has 1 unspecified atom stereocenters. The van der Waals surface area contributed by atoms with Crippen LogP contribution in [0.2, 0.25) is 0 Å². The molecule has 0 spiro atoms. The van der Waals surface area contributed by atoms with Gasteiger partial charge in [-0.3, -0.25) is 15.0 Å². The molecule has 4 N–H and O–H groups in total. The predicted molar refractivity (Wildman–Crippen MR) is 157 cm³/mol. The lowest BCUT2D eigenvalue weighted by Crippen LogP contribution is -2.57. The molecule has 2 aromatic carbocycles. The van der Waals surface area contributed by atoms with Crippen molar-refractivity contribution in [2.75, 3.05) is 12.9 Å². The average molecular weight is 584 g/mol. The lowest BCUT2D eigenvalue weighted by atomic mass is 9.63. The summed E-state index contributed by atoms with van der Waals surface area (Å²) < 4.78 is 31.7. The van der Waals surface area contributed by atoms with E-state index >= 15 is 0 Å². The molecule has 0 bridgehead atoms. The van der Waals surface area contributed by atoms with Crippen LogP contribution in [-0.2, 0) is 34.4 Å². The van der Waals surface area contributed by atoms with E-state index in [2.05, 4.69) is 10.9 Å². The van der Waals surface area contributed by atoms with Gasteiger partial charge in [-0.2, -0.15) is 0 Å². The van der Waals surface area contributed by atoms with E-state index in [1.54, 1.807) is 18.2 Å². The largest absolute Gasteiger partial charge is 0.350 e. The van der Waals surface area contributed by atoms with Crippen molar-refractivity contribution in [1.29, 1.82) is 0 Å². The lowest BCUT2D eigenvalue weighted by Gasteiger charge is -2.41. The second kappa shape index (κ2) is 14.2. The molecule has 1 aliphatic carbocycles. The third kappa shape index (κ3) is 7.62. The normalized spacial score (nSPS) is 20.4. The van der Waals surface area contributed by atoms with Crippen molar-refractivity contribution in [1.82, 2.24) is 10.9 Å². The first kappa shape index (κ1) is 30.9. The van der Waals surface area contributed by atoms with Gasteiger partial charge in [0, 0.05) is 19.3 Å². The van der Waals surface area contributed by atoms with Gasteiger partial charge in [0.2, 0.25) is 11.8 Å². The summed E-state index contributed by atoms with van der Waals surface area (Å²) in [5, 5.41) is 0. The number of sulfone groups is 1. The Balaban J connectivity index is 1.83. The summed E-state index contributed by atoms with van der Waals surface area (Å²) in [5.41, 5.74) is 4.47. The fourth-order valence-corrected chi connectivity index (χ4v) is 7.18. The third-order valence-corrected chi connectivity index (χ3v) is 9.37. The SMILES string of the molecule is CS(=O)(=O)c1ccccc1[C@](CC1CCCC1)(C(=O)NN)[C@H](C/C=C/c1ccccc1)C(=O)NOC1CCCCO1. The fourth-order valence-electron chi connectivity index (χ4n) is 6.21. The van der Waals surface area contributed by atoms with Gasteiger partial charge in [0.1, 0.15) is 0 Å². The minimum Gasteiger partial charge on any atom is -0.350 e. The maximum Gasteiger partial charge on any atom is 0.248 e. The second-order valence-electron chi connectivity index (χ2n) is 11.0. The Morgan fingerprint density at radius 3 is 2.39 bits per heavy atom. The van der Waals surface area contributed by atoms with Crippen LogP contribution in [0.25, 0.3) is 6.08 Å². The number of benzene rings is 2. The van der Waals surface area contributed by atoms with E-state index in [-0.39, 0.29) is 29.2 Å². The summed E-state index contributed by atoms with van der Waals surface area (Å²) in [6.45, 7) is 0.534. The van der Waals surface area contributed by atoms with Crippen LogP contribution in [0.15, 0.2) is 65.6 Å². The zero-order valence-corrected chi connectivity index (χ0v) is 24.4. The van der Waals surface area contributed by atoms with Crippen LogP contribution in [0.1, 0.15) is 68.9 Å². The molecule has 2 fully saturated rings.